The van der Waals surface area contributed by atoms with E-state index in [9.17, 15) is 0 Å². The fourth-order valence-electron chi connectivity index (χ4n) is 0.920. The van der Waals surface area contributed by atoms with E-state index < -0.39 is 0 Å². The zero-order valence-corrected chi connectivity index (χ0v) is 7.42. The Morgan fingerprint density at radius 3 is 2.50 bits per heavy atom. The minimum absolute atomic E-state index is 0.785. The van der Waals surface area contributed by atoms with Crippen LogP contribution >= 0.6 is 0 Å². The minimum Gasteiger partial charge on any atom is -0.494 e. The first-order chi connectivity index (χ1) is 5.86. The van der Waals surface area contributed by atoms with Crippen molar-refractivity contribution in [3.05, 3.63) is 31.3 Å². The second-order valence-corrected chi connectivity index (χ2v) is 2.62. The van der Waals surface area contributed by atoms with E-state index in [0.29, 0.717) is 0 Å². The van der Waals surface area contributed by atoms with E-state index in [1.165, 1.54) is 0 Å². The lowest BCUT2D eigenvalue weighted by molar-refractivity contribution is -0.504. The molecule has 0 atom stereocenters. The third-order valence-corrected chi connectivity index (χ3v) is 1.59. The van der Waals surface area contributed by atoms with Crippen LogP contribution in [0.4, 0.5) is 5.69 Å². The van der Waals surface area contributed by atoms with Gasteiger partial charge in [0.25, 0.3) is 0 Å². The molecule has 0 aliphatic carbocycles. The monoisotopic (exact) mass is 165 g/mol. The summed E-state index contributed by atoms with van der Waals surface area (Å²) in [7, 11) is 3.68. The molecule has 1 aromatic carbocycles. The van der Waals surface area contributed by atoms with Crippen LogP contribution in [0.1, 0.15) is 13.3 Å². The Hall–Kier alpha value is -1.02. The summed E-state index contributed by atoms with van der Waals surface area (Å²) in [5.41, 5.74) is 1.12. The maximum atomic E-state index is 5.42. The maximum Gasteiger partial charge on any atom is 0.119 e. The number of nitrogens with two attached hydrogens (primary N) is 1. The number of ether oxygens (including phenoxy) is 1. The zero-order valence-electron chi connectivity index (χ0n) is 7.42. The van der Waals surface area contributed by atoms with Gasteiger partial charge in [-0.2, -0.15) is 0 Å². The molecule has 0 aliphatic rings. The normalized spacial score (nSPS) is 9.83. The molecule has 0 radical (unpaired) electrons. The molecule has 0 fully saturated rings. The van der Waals surface area contributed by atoms with Gasteiger partial charge in [0.1, 0.15) is 11.4 Å². The van der Waals surface area contributed by atoms with Gasteiger partial charge in [0.05, 0.1) is 6.61 Å². The Bertz CT molecular complexity index is 218. The first kappa shape index (κ1) is 9.07. The lowest BCUT2D eigenvalue weighted by Crippen LogP contribution is -2.69. The highest BCUT2D eigenvalue weighted by atomic mass is 16.5. The molecule has 0 saturated heterocycles. The average molecular weight is 165 g/mol. The van der Waals surface area contributed by atoms with Crippen molar-refractivity contribution in [2.75, 3.05) is 6.61 Å². The van der Waals surface area contributed by atoms with E-state index in [4.69, 9.17) is 4.74 Å². The van der Waals surface area contributed by atoms with E-state index in [1.54, 1.807) is 0 Å². The van der Waals surface area contributed by atoms with Crippen molar-refractivity contribution in [1.82, 2.24) is 0 Å². The Morgan fingerprint density at radius 2 is 2.00 bits per heavy atom. The van der Waals surface area contributed by atoms with Crippen molar-refractivity contribution in [2.24, 2.45) is 0 Å². The predicted molar refractivity (Wildman–Crippen MR) is 49.2 cm³/mol. The zero-order chi connectivity index (χ0) is 8.81. The first-order valence-corrected chi connectivity index (χ1v) is 4.22. The van der Waals surface area contributed by atoms with E-state index in [2.05, 4.69) is 14.0 Å². The Morgan fingerprint density at radius 1 is 1.33 bits per heavy atom. The number of hydrogen-bond donors (Lipinski definition) is 1. The van der Waals surface area contributed by atoms with Gasteiger partial charge in [0.15, 0.2) is 0 Å². The van der Waals surface area contributed by atoms with Crippen LogP contribution < -0.4 is 10.1 Å². The van der Waals surface area contributed by atoms with Crippen molar-refractivity contribution in [1.29, 1.82) is 0 Å². The number of rotatable bonds is 4. The van der Waals surface area contributed by atoms with Crippen LogP contribution in [-0.2, 0) is 0 Å². The summed E-state index contributed by atoms with van der Waals surface area (Å²) in [4.78, 5) is 0. The third-order valence-electron chi connectivity index (χ3n) is 1.59. The summed E-state index contributed by atoms with van der Waals surface area (Å²) in [5, 5.41) is 1.82. The number of hydrogen-bond acceptors (Lipinski definition) is 1. The Balaban J connectivity index is 2.53. The van der Waals surface area contributed by atoms with Gasteiger partial charge in [-0.25, -0.2) is 0 Å². The highest BCUT2D eigenvalue weighted by Crippen LogP contribution is 2.12. The standard InChI is InChI=1S/C10H15NO/c1-3-8-12-10-6-4-9(11-2)5-7-10/h4-7H,2-3,8,11H2,1H3. The van der Waals surface area contributed by atoms with E-state index in [1.807, 2.05) is 29.6 Å². The van der Waals surface area contributed by atoms with E-state index in [0.717, 1.165) is 24.5 Å². The topological polar surface area (TPSA) is 25.8 Å². The van der Waals surface area contributed by atoms with Crippen LogP contribution in [-0.4, -0.2) is 6.61 Å². The second-order valence-electron chi connectivity index (χ2n) is 2.62. The minimum atomic E-state index is 0.785. The highest BCUT2D eigenvalue weighted by Gasteiger charge is 1.92. The van der Waals surface area contributed by atoms with Crippen LogP contribution in [0, 0.1) is 7.05 Å². The predicted octanol–water partition coefficient (Wildman–Crippen LogP) is 1.46. The van der Waals surface area contributed by atoms with Gasteiger partial charge < -0.3 is 10.1 Å². The van der Waals surface area contributed by atoms with Crippen LogP contribution in [0.25, 0.3) is 0 Å². The quantitative estimate of drug-likeness (QED) is 0.530. The Kier molecular flexibility index (Phi) is 3.61. The number of benzene rings is 1. The Labute approximate surface area is 73.6 Å². The molecule has 0 bridgehead atoms. The highest BCUT2D eigenvalue weighted by molar-refractivity contribution is 5.35. The molecule has 0 amide bonds. The maximum absolute atomic E-state index is 5.42. The molecule has 0 unspecified atom stereocenters. The van der Waals surface area contributed by atoms with Crippen molar-refractivity contribution >= 4 is 5.69 Å². The first-order valence-electron chi connectivity index (χ1n) is 4.22. The molecule has 2 nitrogen and oxygen atoms in total. The molecular weight excluding hydrogens is 150 g/mol. The summed E-state index contributed by atoms with van der Waals surface area (Å²) in [6, 6.07) is 7.93. The SMILES string of the molecule is [CH2-][NH2+]c1ccc(OCCC)cc1. The van der Waals surface area contributed by atoms with Crippen LogP contribution in [0.3, 0.4) is 0 Å². The molecule has 2 N–H and O–H groups in total. The summed E-state index contributed by atoms with van der Waals surface area (Å²) < 4.78 is 5.42. The van der Waals surface area contributed by atoms with Gasteiger partial charge in [-0.15, -0.1) is 7.05 Å². The van der Waals surface area contributed by atoms with Gasteiger partial charge in [0, 0.05) is 12.1 Å². The van der Waals surface area contributed by atoms with Crippen molar-refractivity contribution in [3.63, 3.8) is 0 Å². The molecule has 0 aliphatic heterocycles. The smallest absolute Gasteiger partial charge is 0.119 e. The fourth-order valence-corrected chi connectivity index (χ4v) is 0.920. The summed E-state index contributed by atoms with van der Waals surface area (Å²) in [6.45, 7) is 2.88. The molecule has 1 aromatic rings. The van der Waals surface area contributed by atoms with Crippen LogP contribution in [0.2, 0.25) is 0 Å². The molecule has 0 spiro atoms. The molecule has 0 saturated carbocycles. The molecular formula is C10H15NO. The van der Waals surface area contributed by atoms with E-state index in [-0.39, 0.29) is 0 Å². The summed E-state index contributed by atoms with van der Waals surface area (Å²) >= 11 is 0. The fraction of sp³-hybridized carbons (Fsp3) is 0.300. The van der Waals surface area contributed by atoms with Gasteiger partial charge >= 0.3 is 0 Å². The van der Waals surface area contributed by atoms with Crippen molar-refractivity contribution in [2.45, 2.75) is 13.3 Å². The second kappa shape index (κ2) is 4.78. The molecule has 0 aromatic heterocycles. The third kappa shape index (κ3) is 2.55. The van der Waals surface area contributed by atoms with E-state index >= 15 is 0 Å². The van der Waals surface area contributed by atoms with Crippen molar-refractivity contribution < 1.29 is 10.1 Å². The van der Waals surface area contributed by atoms with Gasteiger partial charge in [-0.1, -0.05) is 6.92 Å². The van der Waals surface area contributed by atoms with Gasteiger partial charge in [0.2, 0.25) is 0 Å². The molecule has 66 valence electrons. The molecule has 0 heterocycles. The summed E-state index contributed by atoms with van der Waals surface area (Å²) in [5.74, 6) is 0.933. The van der Waals surface area contributed by atoms with Crippen LogP contribution in [0.15, 0.2) is 24.3 Å². The largest absolute Gasteiger partial charge is 0.494 e. The van der Waals surface area contributed by atoms with Gasteiger partial charge in [-0.05, 0) is 18.6 Å². The summed E-state index contributed by atoms with van der Waals surface area (Å²) in [6.07, 6.45) is 1.04. The van der Waals surface area contributed by atoms with Crippen LogP contribution in [0.5, 0.6) is 5.75 Å². The van der Waals surface area contributed by atoms with Gasteiger partial charge in [-0.3, -0.25) is 0 Å². The van der Waals surface area contributed by atoms with Crippen molar-refractivity contribution in [3.8, 4) is 5.75 Å². The molecule has 1 rings (SSSR count). The molecule has 12 heavy (non-hydrogen) atoms. The molecule has 2 heteroatoms. The lowest BCUT2D eigenvalue weighted by atomic mass is 10.3. The lowest BCUT2D eigenvalue weighted by Gasteiger charge is -2.04. The average Bonchev–Trinajstić information content (AvgIpc) is 2.15. The number of quaternary nitrogens is 1.